The molecule has 0 aliphatic carbocycles. The van der Waals surface area contributed by atoms with Gasteiger partial charge < -0.3 is 10.1 Å². The Morgan fingerprint density at radius 2 is 2.21 bits per heavy atom. The molecule has 0 bridgehead atoms. The summed E-state index contributed by atoms with van der Waals surface area (Å²) in [4.78, 5) is 24.9. The lowest BCUT2D eigenvalue weighted by Gasteiger charge is -2.13. The summed E-state index contributed by atoms with van der Waals surface area (Å²) in [7, 11) is 0. The maximum Gasteiger partial charge on any atom is 0.316 e. The van der Waals surface area contributed by atoms with Crippen molar-refractivity contribution >= 4 is 52.3 Å². The Morgan fingerprint density at radius 3 is 2.88 bits per heavy atom. The lowest BCUT2D eigenvalue weighted by molar-refractivity contribution is -0.150. The Kier molecular flexibility index (Phi) is 7.08. The van der Waals surface area contributed by atoms with E-state index in [0.29, 0.717) is 5.69 Å². The normalized spacial score (nSPS) is 11.8. The molecule has 0 unspecified atom stereocenters. The van der Waals surface area contributed by atoms with Crippen molar-refractivity contribution < 1.29 is 18.7 Å². The van der Waals surface area contributed by atoms with Crippen LogP contribution in [0, 0.1) is 5.82 Å². The lowest BCUT2D eigenvalue weighted by Crippen LogP contribution is -2.30. The van der Waals surface area contributed by atoms with Crippen LogP contribution in [0.2, 0.25) is 5.02 Å². The predicted octanol–water partition coefficient (Wildman–Crippen LogP) is 4.34. The zero-order chi connectivity index (χ0) is 17.5. The quantitative estimate of drug-likeness (QED) is 0.718. The largest absolute Gasteiger partial charge is 0.452 e. The van der Waals surface area contributed by atoms with Gasteiger partial charge in [0.1, 0.15) is 5.82 Å². The van der Waals surface area contributed by atoms with Gasteiger partial charge in [0.05, 0.1) is 10.8 Å². The second kappa shape index (κ2) is 9.05. The minimum Gasteiger partial charge on any atom is -0.452 e. The standard InChI is InChI=1S/C16H15ClFNO3S2/c1-10(16(21)19-11-4-5-14(18)13(17)7-11)22-15(20)9-23-8-12-3-2-6-24-12/h2-7,10H,8-9H2,1H3,(H,19,21)/t10-/m0/s1. The van der Waals surface area contributed by atoms with Crippen LogP contribution in [0.5, 0.6) is 0 Å². The molecule has 0 aliphatic rings. The Morgan fingerprint density at radius 1 is 1.42 bits per heavy atom. The number of benzene rings is 1. The summed E-state index contributed by atoms with van der Waals surface area (Å²) in [5, 5.41) is 4.40. The van der Waals surface area contributed by atoms with Gasteiger partial charge in [-0.25, -0.2) is 4.39 Å². The first kappa shape index (κ1) is 18.8. The summed E-state index contributed by atoms with van der Waals surface area (Å²) in [5.41, 5.74) is 0.335. The second-order valence-corrected chi connectivity index (χ2v) is 7.25. The van der Waals surface area contributed by atoms with Gasteiger partial charge in [0, 0.05) is 16.3 Å². The topological polar surface area (TPSA) is 55.4 Å². The van der Waals surface area contributed by atoms with E-state index < -0.39 is 23.8 Å². The molecule has 0 radical (unpaired) electrons. The van der Waals surface area contributed by atoms with Gasteiger partial charge in [-0.15, -0.1) is 23.1 Å². The van der Waals surface area contributed by atoms with Gasteiger partial charge in [-0.05, 0) is 36.6 Å². The number of carbonyl (C=O) groups excluding carboxylic acids is 2. The minimum absolute atomic E-state index is 0.0950. The fraction of sp³-hybridized carbons (Fsp3) is 0.250. The molecule has 2 aromatic rings. The van der Waals surface area contributed by atoms with Gasteiger partial charge in [0.15, 0.2) is 6.10 Å². The third-order valence-corrected chi connectivity index (χ3v) is 5.21. The molecule has 1 amide bonds. The van der Waals surface area contributed by atoms with E-state index >= 15 is 0 Å². The molecule has 128 valence electrons. The van der Waals surface area contributed by atoms with Gasteiger partial charge in [0.2, 0.25) is 0 Å². The van der Waals surface area contributed by atoms with E-state index in [2.05, 4.69) is 5.32 Å². The van der Waals surface area contributed by atoms with Crippen LogP contribution in [0.15, 0.2) is 35.7 Å². The van der Waals surface area contributed by atoms with Crippen LogP contribution < -0.4 is 5.32 Å². The molecule has 1 aromatic carbocycles. The molecule has 24 heavy (non-hydrogen) atoms. The number of nitrogens with one attached hydrogen (secondary N) is 1. The summed E-state index contributed by atoms with van der Waals surface area (Å²) in [6.45, 7) is 1.47. The Balaban J connectivity index is 1.75. The fourth-order valence-corrected chi connectivity index (χ4v) is 3.56. The minimum atomic E-state index is -0.955. The van der Waals surface area contributed by atoms with Gasteiger partial charge >= 0.3 is 5.97 Å². The molecule has 1 heterocycles. The van der Waals surface area contributed by atoms with Crippen LogP contribution in [-0.4, -0.2) is 23.7 Å². The number of esters is 1. The highest BCUT2D eigenvalue weighted by Gasteiger charge is 2.18. The van der Waals surface area contributed by atoms with Crippen molar-refractivity contribution in [1.29, 1.82) is 0 Å². The molecule has 0 fully saturated rings. The lowest BCUT2D eigenvalue weighted by atomic mass is 10.3. The van der Waals surface area contributed by atoms with Crippen molar-refractivity contribution in [1.82, 2.24) is 0 Å². The van der Waals surface area contributed by atoms with Crippen LogP contribution in [0.1, 0.15) is 11.8 Å². The molecule has 4 nitrogen and oxygen atoms in total. The number of carbonyl (C=O) groups is 2. The summed E-state index contributed by atoms with van der Waals surface area (Å²) >= 11 is 8.69. The first-order chi connectivity index (χ1) is 11.5. The first-order valence-electron chi connectivity index (χ1n) is 7.01. The third-order valence-electron chi connectivity index (χ3n) is 2.91. The zero-order valence-corrected chi connectivity index (χ0v) is 15.1. The second-order valence-electron chi connectivity index (χ2n) is 4.82. The van der Waals surface area contributed by atoms with E-state index in [-0.39, 0.29) is 10.8 Å². The van der Waals surface area contributed by atoms with Gasteiger partial charge in [0.25, 0.3) is 5.91 Å². The molecular formula is C16H15ClFNO3S2. The number of hydrogen-bond acceptors (Lipinski definition) is 5. The van der Waals surface area contributed by atoms with Gasteiger partial charge in [-0.3, -0.25) is 9.59 Å². The monoisotopic (exact) mass is 387 g/mol. The van der Waals surface area contributed by atoms with E-state index in [9.17, 15) is 14.0 Å². The van der Waals surface area contributed by atoms with Crippen LogP contribution in [0.3, 0.4) is 0 Å². The highest BCUT2D eigenvalue weighted by atomic mass is 35.5. The average Bonchev–Trinajstić information content (AvgIpc) is 3.04. The average molecular weight is 388 g/mol. The van der Waals surface area contributed by atoms with Crippen molar-refractivity contribution in [3.63, 3.8) is 0 Å². The molecule has 0 saturated carbocycles. The maximum atomic E-state index is 13.1. The Bertz CT molecular complexity index is 709. The molecule has 1 N–H and O–H groups in total. The Hall–Kier alpha value is -1.57. The van der Waals surface area contributed by atoms with Crippen molar-refractivity contribution in [2.24, 2.45) is 0 Å². The van der Waals surface area contributed by atoms with Gasteiger partial charge in [-0.1, -0.05) is 17.7 Å². The van der Waals surface area contributed by atoms with Crippen LogP contribution >= 0.6 is 34.7 Å². The number of hydrogen-bond donors (Lipinski definition) is 1. The van der Waals surface area contributed by atoms with E-state index in [1.165, 1.54) is 35.7 Å². The van der Waals surface area contributed by atoms with E-state index in [0.717, 1.165) is 11.8 Å². The number of rotatable bonds is 7. The third kappa shape index (κ3) is 5.81. The summed E-state index contributed by atoms with van der Waals surface area (Å²) in [6, 6.07) is 7.76. The van der Waals surface area contributed by atoms with Crippen LogP contribution in [-0.2, 0) is 20.1 Å². The molecule has 0 aliphatic heterocycles. The molecule has 8 heteroatoms. The van der Waals surface area contributed by atoms with Crippen LogP contribution in [0.4, 0.5) is 10.1 Å². The summed E-state index contributed by atoms with van der Waals surface area (Å²) in [5.74, 6) is -0.651. The maximum absolute atomic E-state index is 13.1. The molecule has 1 atom stereocenters. The highest BCUT2D eigenvalue weighted by Crippen LogP contribution is 2.20. The van der Waals surface area contributed by atoms with E-state index in [1.807, 2.05) is 17.5 Å². The van der Waals surface area contributed by atoms with Crippen molar-refractivity contribution in [2.45, 2.75) is 18.8 Å². The fourth-order valence-electron chi connectivity index (χ4n) is 1.73. The van der Waals surface area contributed by atoms with Gasteiger partial charge in [-0.2, -0.15) is 0 Å². The summed E-state index contributed by atoms with van der Waals surface area (Å²) in [6.07, 6.45) is -0.955. The number of amides is 1. The molecular weight excluding hydrogens is 373 g/mol. The number of ether oxygens (including phenoxy) is 1. The molecule has 1 aromatic heterocycles. The number of halogens is 2. The zero-order valence-electron chi connectivity index (χ0n) is 12.8. The van der Waals surface area contributed by atoms with E-state index in [4.69, 9.17) is 16.3 Å². The van der Waals surface area contributed by atoms with Crippen molar-refractivity contribution in [3.8, 4) is 0 Å². The van der Waals surface area contributed by atoms with Crippen LogP contribution in [0.25, 0.3) is 0 Å². The number of anilines is 1. The van der Waals surface area contributed by atoms with Crippen molar-refractivity contribution in [3.05, 3.63) is 51.4 Å². The molecule has 2 rings (SSSR count). The van der Waals surface area contributed by atoms with E-state index in [1.54, 1.807) is 11.3 Å². The molecule has 0 saturated heterocycles. The summed E-state index contributed by atoms with van der Waals surface area (Å²) < 4.78 is 18.2. The first-order valence-corrected chi connectivity index (χ1v) is 9.42. The smallest absolute Gasteiger partial charge is 0.316 e. The number of thioether (sulfide) groups is 1. The molecule has 0 spiro atoms. The number of thiophene rings is 1. The Labute approximate surface area is 152 Å². The highest BCUT2D eigenvalue weighted by molar-refractivity contribution is 7.99. The van der Waals surface area contributed by atoms with Crippen molar-refractivity contribution in [2.75, 3.05) is 11.1 Å². The predicted molar refractivity (Wildman–Crippen MR) is 96.1 cm³/mol. The SMILES string of the molecule is C[C@H](OC(=O)CSCc1cccs1)C(=O)Nc1ccc(F)c(Cl)c1.